The van der Waals surface area contributed by atoms with E-state index in [-0.39, 0.29) is 5.97 Å². The molecule has 1 aromatic carbocycles. The molecule has 0 aliphatic heterocycles. The third kappa shape index (κ3) is 2.59. The van der Waals surface area contributed by atoms with E-state index in [1.165, 1.54) is 23.6 Å². The second-order valence-electron chi connectivity index (χ2n) is 3.63. The van der Waals surface area contributed by atoms with Gasteiger partial charge in [-0.05, 0) is 43.0 Å². The summed E-state index contributed by atoms with van der Waals surface area (Å²) >= 11 is 0. The molecule has 0 aromatic heterocycles. The van der Waals surface area contributed by atoms with Crippen molar-refractivity contribution in [3.05, 3.63) is 34.4 Å². The van der Waals surface area contributed by atoms with Gasteiger partial charge in [-0.15, -0.1) is 0 Å². The Kier molecular flexibility index (Phi) is 3.28. The molecule has 0 radical (unpaired) electrons. The van der Waals surface area contributed by atoms with E-state index in [0.717, 1.165) is 5.56 Å². The lowest BCUT2D eigenvalue weighted by atomic mass is 10.0. The summed E-state index contributed by atoms with van der Waals surface area (Å²) in [5, 5.41) is 0. The van der Waals surface area contributed by atoms with Crippen molar-refractivity contribution in [2.24, 2.45) is 0 Å². The van der Waals surface area contributed by atoms with Crippen molar-refractivity contribution in [2.45, 2.75) is 34.3 Å². The predicted molar refractivity (Wildman–Crippen MR) is 56.1 cm³/mol. The van der Waals surface area contributed by atoms with Gasteiger partial charge in [0.25, 0.3) is 0 Å². The van der Waals surface area contributed by atoms with Crippen molar-refractivity contribution in [2.75, 3.05) is 0 Å². The molecule has 1 rings (SSSR count). The Balaban J connectivity index is 2.84. The predicted octanol–water partition coefficient (Wildman–Crippen LogP) is 2.67. The van der Waals surface area contributed by atoms with Crippen molar-refractivity contribution < 1.29 is 9.53 Å². The molecular formula is C12H16O2. The van der Waals surface area contributed by atoms with Crippen molar-refractivity contribution in [1.29, 1.82) is 0 Å². The Morgan fingerprint density at radius 3 is 2.14 bits per heavy atom. The summed E-state index contributed by atoms with van der Waals surface area (Å²) in [6.07, 6.45) is 0. The topological polar surface area (TPSA) is 26.3 Å². The molecule has 0 unspecified atom stereocenters. The molecule has 14 heavy (non-hydrogen) atoms. The highest BCUT2D eigenvalue weighted by Crippen LogP contribution is 2.15. The molecule has 0 saturated heterocycles. The van der Waals surface area contributed by atoms with E-state index in [1.807, 2.05) is 0 Å². The Morgan fingerprint density at radius 2 is 1.71 bits per heavy atom. The number of carbonyl (C=O) groups excluding carboxylic acids is 1. The zero-order valence-corrected chi connectivity index (χ0v) is 9.18. The van der Waals surface area contributed by atoms with Crippen LogP contribution >= 0.6 is 0 Å². The molecule has 0 spiro atoms. The van der Waals surface area contributed by atoms with Crippen LogP contribution < -0.4 is 0 Å². The summed E-state index contributed by atoms with van der Waals surface area (Å²) in [5.74, 6) is -0.235. The Hall–Kier alpha value is -1.31. The zero-order valence-electron chi connectivity index (χ0n) is 9.18. The number of carbonyl (C=O) groups is 1. The molecule has 0 aliphatic carbocycles. The van der Waals surface area contributed by atoms with Gasteiger partial charge in [-0.1, -0.05) is 12.1 Å². The highest BCUT2D eigenvalue weighted by Gasteiger charge is 2.02. The van der Waals surface area contributed by atoms with E-state index in [2.05, 4.69) is 32.9 Å². The normalized spacial score (nSPS) is 10.0. The smallest absolute Gasteiger partial charge is 0.302 e. The molecule has 0 amide bonds. The molecule has 76 valence electrons. The first-order valence-electron chi connectivity index (χ1n) is 4.71. The molecule has 0 N–H and O–H groups in total. The van der Waals surface area contributed by atoms with Crippen molar-refractivity contribution >= 4 is 5.97 Å². The van der Waals surface area contributed by atoms with Crippen LogP contribution in [0.15, 0.2) is 12.1 Å². The van der Waals surface area contributed by atoms with Crippen LogP contribution in [0.1, 0.15) is 29.2 Å². The Labute approximate surface area is 84.9 Å². The molecule has 0 fully saturated rings. The van der Waals surface area contributed by atoms with Crippen LogP contribution in [-0.2, 0) is 16.1 Å². The second-order valence-corrected chi connectivity index (χ2v) is 3.63. The lowest BCUT2D eigenvalue weighted by Crippen LogP contribution is -2.00. The molecule has 2 heteroatoms. The maximum atomic E-state index is 10.6. The lowest BCUT2D eigenvalue weighted by Gasteiger charge is -2.08. The van der Waals surface area contributed by atoms with Gasteiger partial charge in [0.05, 0.1) is 0 Å². The summed E-state index contributed by atoms with van der Waals surface area (Å²) < 4.78 is 4.94. The van der Waals surface area contributed by atoms with Gasteiger partial charge in [-0.2, -0.15) is 0 Å². The average Bonchev–Trinajstić information content (AvgIpc) is 2.10. The molecular weight excluding hydrogens is 176 g/mol. The number of aryl methyl sites for hydroxylation is 2. The SMILES string of the molecule is CC(=O)OCc1cc(C)c(C)c(C)c1. The minimum atomic E-state index is -0.235. The van der Waals surface area contributed by atoms with E-state index >= 15 is 0 Å². The summed E-state index contributed by atoms with van der Waals surface area (Å²) in [5.41, 5.74) is 4.84. The van der Waals surface area contributed by atoms with E-state index < -0.39 is 0 Å². The fourth-order valence-electron chi connectivity index (χ4n) is 1.39. The molecule has 0 aliphatic rings. The van der Waals surface area contributed by atoms with E-state index in [9.17, 15) is 4.79 Å². The maximum absolute atomic E-state index is 10.6. The Morgan fingerprint density at radius 1 is 1.21 bits per heavy atom. The highest BCUT2D eigenvalue weighted by molar-refractivity contribution is 5.65. The molecule has 1 aromatic rings. The molecule has 0 heterocycles. The highest BCUT2D eigenvalue weighted by atomic mass is 16.5. The van der Waals surface area contributed by atoms with Gasteiger partial charge < -0.3 is 4.74 Å². The Bertz CT molecular complexity index is 330. The monoisotopic (exact) mass is 192 g/mol. The van der Waals surface area contributed by atoms with Crippen LogP contribution in [0.4, 0.5) is 0 Å². The van der Waals surface area contributed by atoms with Gasteiger partial charge in [0.2, 0.25) is 0 Å². The summed E-state index contributed by atoms with van der Waals surface area (Å²) in [4.78, 5) is 10.6. The largest absolute Gasteiger partial charge is 0.461 e. The van der Waals surface area contributed by atoms with Crippen LogP contribution in [0, 0.1) is 20.8 Å². The van der Waals surface area contributed by atoms with Crippen molar-refractivity contribution in [3.8, 4) is 0 Å². The fraction of sp³-hybridized carbons (Fsp3) is 0.417. The summed E-state index contributed by atoms with van der Waals surface area (Å²) in [6, 6.07) is 4.12. The molecule has 0 bridgehead atoms. The van der Waals surface area contributed by atoms with Gasteiger partial charge in [0.15, 0.2) is 0 Å². The summed E-state index contributed by atoms with van der Waals surface area (Å²) in [7, 11) is 0. The van der Waals surface area contributed by atoms with Crippen LogP contribution in [0.25, 0.3) is 0 Å². The average molecular weight is 192 g/mol. The van der Waals surface area contributed by atoms with E-state index in [1.54, 1.807) is 0 Å². The molecule has 0 saturated carbocycles. The first-order valence-corrected chi connectivity index (χ1v) is 4.71. The number of esters is 1. The van der Waals surface area contributed by atoms with Gasteiger partial charge in [0.1, 0.15) is 6.61 Å². The third-order valence-corrected chi connectivity index (χ3v) is 2.43. The number of benzene rings is 1. The molecule has 2 nitrogen and oxygen atoms in total. The van der Waals surface area contributed by atoms with E-state index in [0.29, 0.717) is 6.61 Å². The van der Waals surface area contributed by atoms with Crippen molar-refractivity contribution in [1.82, 2.24) is 0 Å². The minimum Gasteiger partial charge on any atom is -0.461 e. The van der Waals surface area contributed by atoms with Crippen molar-refractivity contribution in [3.63, 3.8) is 0 Å². The number of hydrogen-bond donors (Lipinski definition) is 0. The molecule has 0 atom stereocenters. The minimum absolute atomic E-state index is 0.235. The van der Waals surface area contributed by atoms with Gasteiger partial charge >= 0.3 is 5.97 Å². The first-order chi connectivity index (χ1) is 6.50. The fourth-order valence-corrected chi connectivity index (χ4v) is 1.39. The van der Waals surface area contributed by atoms with Crippen LogP contribution in [0.3, 0.4) is 0 Å². The maximum Gasteiger partial charge on any atom is 0.302 e. The number of rotatable bonds is 2. The zero-order chi connectivity index (χ0) is 10.7. The lowest BCUT2D eigenvalue weighted by molar-refractivity contribution is -0.142. The van der Waals surface area contributed by atoms with Crippen LogP contribution in [0.5, 0.6) is 0 Å². The van der Waals surface area contributed by atoms with Gasteiger partial charge in [0, 0.05) is 6.92 Å². The van der Waals surface area contributed by atoms with Gasteiger partial charge in [-0.25, -0.2) is 0 Å². The summed E-state index contributed by atoms with van der Waals surface area (Å²) in [6.45, 7) is 8.03. The quantitative estimate of drug-likeness (QED) is 0.673. The van der Waals surface area contributed by atoms with Crippen LogP contribution in [0.2, 0.25) is 0 Å². The third-order valence-electron chi connectivity index (χ3n) is 2.43. The first kappa shape index (κ1) is 10.8. The second kappa shape index (κ2) is 4.27. The number of ether oxygens (including phenoxy) is 1. The number of hydrogen-bond acceptors (Lipinski definition) is 2. The standard InChI is InChI=1S/C12H16O2/c1-8-5-12(7-14-11(4)13)6-9(2)10(8)3/h5-6H,7H2,1-4H3. The van der Waals surface area contributed by atoms with Gasteiger partial charge in [-0.3, -0.25) is 4.79 Å². The van der Waals surface area contributed by atoms with E-state index in [4.69, 9.17) is 4.74 Å². The van der Waals surface area contributed by atoms with Crippen LogP contribution in [-0.4, -0.2) is 5.97 Å².